The summed E-state index contributed by atoms with van der Waals surface area (Å²) in [4.78, 5) is 3.75. The highest BCUT2D eigenvalue weighted by molar-refractivity contribution is 5.44. The standard InChI is InChI=1S/C8H8N4O/c9-8-10-5-12(11-8)6-3-1-2-4-7(6)13/h1-5,13H,(H2,9,11). The molecular formula is C8H8N4O. The van der Waals surface area contributed by atoms with Crippen molar-refractivity contribution in [2.24, 2.45) is 0 Å². The summed E-state index contributed by atoms with van der Waals surface area (Å²) >= 11 is 0. The number of hydrogen-bond donors (Lipinski definition) is 2. The zero-order valence-corrected chi connectivity index (χ0v) is 6.75. The molecule has 0 saturated carbocycles. The number of nitrogens with zero attached hydrogens (tertiary/aromatic N) is 3. The van der Waals surface area contributed by atoms with Crippen LogP contribution in [0.5, 0.6) is 5.75 Å². The van der Waals surface area contributed by atoms with Gasteiger partial charge in [-0.1, -0.05) is 12.1 Å². The van der Waals surface area contributed by atoms with Crippen LogP contribution >= 0.6 is 0 Å². The van der Waals surface area contributed by atoms with Gasteiger partial charge in [0.15, 0.2) is 0 Å². The molecule has 1 aromatic carbocycles. The Morgan fingerprint density at radius 2 is 2.08 bits per heavy atom. The predicted octanol–water partition coefficient (Wildman–Crippen LogP) is 0.555. The SMILES string of the molecule is Nc1ncn(-c2ccccc2O)n1. The van der Waals surface area contributed by atoms with Crippen LogP contribution in [-0.2, 0) is 0 Å². The number of nitrogens with two attached hydrogens (primary N) is 1. The van der Waals surface area contributed by atoms with Gasteiger partial charge in [0.1, 0.15) is 17.8 Å². The minimum atomic E-state index is 0.146. The Bertz CT molecular complexity index is 424. The van der Waals surface area contributed by atoms with Crippen LogP contribution in [0.2, 0.25) is 0 Å². The van der Waals surface area contributed by atoms with E-state index in [1.54, 1.807) is 24.3 Å². The maximum Gasteiger partial charge on any atom is 0.239 e. The van der Waals surface area contributed by atoms with E-state index in [1.807, 2.05) is 0 Å². The zero-order chi connectivity index (χ0) is 9.26. The van der Waals surface area contributed by atoms with E-state index in [9.17, 15) is 5.11 Å². The van der Waals surface area contributed by atoms with Crippen LogP contribution < -0.4 is 5.73 Å². The molecule has 0 saturated heterocycles. The van der Waals surface area contributed by atoms with Crippen molar-refractivity contribution in [1.82, 2.24) is 14.8 Å². The van der Waals surface area contributed by atoms with Crippen molar-refractivity contribution < 1.29 is 5.11 Å². The van der Waals surface area contributed by atoms with E-state index in [-0.39, 0.29) is 11.7 Å². The molecule has 13 heavy (non-hydrogen) atoms. The minimum absolute atomic E-state index is 0.146. The molecule has 0 aliphatic heterocycles. The summed E-state index contributed by atoms with van der Waals surface area (Å²) in [6.07, 6.45) is 1.45. The Morgan fingerprint density at radius 1 is 1.31 bits per heavy atom. The Morgan fingerprint density at radius 3 is 2.69 bits per heavy atom. The summed E-state index contributed by atoms with van der Waals surface area (Å²) in [5.74, 6) is 0.329. The van der Waals surface area contributed by atoms with Gasteiger partial charge in [-0.3, -0.25) is 0 Å². The number of phenols is 1. The van der Waals surface area contributed by atoms with Crippen LogP contribution in [0.4, 0.5) is 5.95 Å². The van der Waals surface area contributed by atoms with Crippen molar-refractivity contribution in [2.45, 2.75) is 0 Å². The fraction of sp³-hybridized carbons (Fsp3) is 0. The molecule has 2 aromatic rings. The second kappa shape index (κ2) is 2.78. The fourth-order valence-corrected chi connectivity index (χ4v) is 1.05. The van der Waals surface area contributed by atoms with Crippen molar-refractivity contribution in [3.8, 4) is 11.4 Å². The number of aromatic hydroxyl groups is 1. The number of anilines is 1. The molecular weight excluding hydrogens is 168 g/mol. The lowest BCUT2D eigenvalue weighted by Crippen LogP contribution is -1.96. The van der Waals surface area contributed by atoms with E-state index in [0.717, 1.165) is 0 Å². The summed E-state index contributed by atoms with van der Waals surface area (Å²) in [6, 6.07) is 6.84. The number of para-hydroxylation sites is 2. The molecule has 0 aliphatic carbocycles. The van der Waals surface area contributed by atoms with Crippen molar-refractivity contribution in [3.63, 3.8) is 0 Å². The highest BCUT2D eigenvalue weighted by atomic mass is 16.3. The van der Waals surface area contributed by atoms with Gasteiger partial charge in [0, 0.05) is 0 Å². The Balaban J connectivity index is 2.52. The first-order valence-electron chi connectivity index (χ1n) is 3.73. The summed E-state index contributed by atoms with van der Waals surface area (Å²) in [6.45, 7) is 0. The number of hydrogen-bond acceptors (Lipinski definition) is 4. The summed E-state index contributed by atoms with van der Waals surface area (Å²) in [7, 11) is 0. The van der Waals surface area contributed by atoms with Crippen LogP contribution in [0.25, 0.3) is 5.69 Å². The predicted molar refractivity (Wildman–Crippen MR) is 47.4 cm³/mol. The normalized spacial score (nSPS) is 10.2. The van der Waals surface area contributed by atoms with E-state index in [0.29, 0.717) is 5.69 Å². The first-order chi connectivity index (χ1) is 6.27. The van der Waals surface area contributed by atoms with E-state index in [2.05, 4.69) is 10.1 Å². The number of rotatable bonds is 1. The molecule has 1 heterocycles. The number of benzene rings is 1. The number of nitrogen functional groups attached to an aromatic ring is 1. The summed E-state index contributed by atoms with van der Waals surface area (Å²) < 4.78 is 1.42. The average Bonchev–Trinajstić information content (AvgIpc) is 2.53. The van der Waals surface area contributed by atoms with Crippen molar-refractivity contribution >= 4 is 5.95 Å². The fourth-order valence-electron chi connectivity index (χ4n) is 1.05. The van der Waals surface area contributed by atoms with Gasteiger partial charge in [0.05, 0.1) is 0 Å². The molecule has 1 aromatic heterocycles. The number of phenolic OH excluding ortho intramolecular Hbond substituents is 1. The molecule has 5 nitrogen and oxygen atoms in total. The molecule has 0 unspecified atom stereocenters. The lowest BCUT2D eigenvalue weighted by molar-refractivity contribution is 0.470. The molecule has 0 aliphatic rings. The molecule has 0 atom stereocenters. The minimum Gasteiger partial charge on any atom is -0.506 e. The third-order valence-corrected chi connectivity index (χ3v) is 1.64. The van der Waals surface area contributed by atoms with Gasteiger partial charge in [0.2, 0.25) is 5.95 Å². The lowest BCUT2D eigenvalue weighted by atomic mass is 10.3. The monoisotopic (exact) mass is 176 g/mol. The molecule has 0 bridgehead atoms. The number of aromatic nitrogens is 3. The Hall–Kier alpha value is -2.04. The topological polar surface area (TPSA) is 77.0 Å². The van der Waals surface area contributed by atoms with Crippen LogP contribution in [0.3, 0.4) is 0 Å². The zero-order valence-electron chi connectivity index (χ0n) is 6.75. The third kappa shape index (κ3) is 1.31. The van der Waals surface area contributed by atoms with Crippen LogP contribution in [0, 0.1) is 0 Å². The van der Waals surface area contributed by atoms with Crippen molar-refractivity contribution in [3.05, 3.63) is 30.6 Å². The molecule has 0 amide bonds. The van der Waals surface area contributed by atoms with Gasteiger partial charge in [0.25, 0.3) is 0 Å². The third-order valence-electron chi connectivity index (χ3n) is 1.64. The maximum absolute atomic E-state index is 9.44. The van der Waals surface area contributed by atoms with E-state index in [1.165, 1.54) is 11.0 Å². The molecule has 0 spiro atoms. The van der Waals surface area contributed by atoms with Crippen LogP contribution in [-0.4, -0.2) is 19.9 Å². The molecule has 5 heteroatoms. The van der Waals surface area contributed by atoms with Gasteiger partial charge in [-0.05, 0) is 12.1 Å². The molecule has 66 valence electrons. The second-order valence-electron chi connectivity index (χ2n) is 2.54. The van der Waals surface area contributed by atoms with Crippen LogP contribution in [0.1, 0.15) is 0 Å². The van der Waals surface area contributed by atoms with E-state index in [4.69, 9.17) is 5.73 Å². The summed E-state index contributed by atoms with van der Waals surface area (Å²) in [5.41, 5.74) is 5.90. The average molecular weight is 176 g/mol. The second-order valence-corrected chi connectivity index (χ2v) is 2.54. The largest absolute Gasteiger partial charge is 0.506 e. The van der Waals surface area contributed by atoms with E-state index >= 15 is 0 Å². The van der Waals surface area contributed by atoms with Gasteiger partial charge < -0.3 is 10.8 Å². The van der Waals surface area contributed by atoms with E-state index < -0.39 is 0 Å². The lowest BCUT2D eigenvalue weighted by Gasteiger charge is -2.01. The van der Waals surface area contributed by atoms with Crippen LogP contribution in [0.15, 0.2) is 30.6 Å². The smallest absolute Gasteiger partial charge is 0.239 e. The quantitative estimate of drug-likeness (QED) is 0.665. The molecule has 2 rings (SSSR count). The first-order valence-corrected chi connectivity index (χ1v) is 3.73. The van der Waals surface area contributed by atoms with Crippen molar-refractivity contribution in [1.29, 1.82) is 0 Å². The van der Waals surface area contributed by atoms with Crippen molar-refractivity contribution in [2.75, 3.05) is 5.73 Å². The van der Waals surface area contributed by atoms with Gasteiger partial charge in [-0.25, -0.2) is 9.67 Å². The molecule has 0 fully saturated rings. The molecule has 0 radical (unpaired) electrons. The molecule has 3 N–H and O–H groups in total. The summed E-state index contributed by atoms with van der Waals surface area (Å²) in [5, 5.41) is 13.3. The van der Waals surface area contributed by atoms with Gasteiger partial charge >= 0.3 is 0 Å². The Kier molecular flexibility index (Phi) is 1.63. The van der Waals surface area contributed by atoms with Gasteiger partial charge in [-0.2, -0.15) is 0 Å². The maximum atomic E-state index is 9.44. The Labute approximate surface area is 74.4 Å². The highest BCUT2D eigenvalue weighted by Gasteiger charge is 2.03. The van der Waals surface area contributed by atoms with Gasteiger partial charge in [-0.15, -0.1) is 5.10 Å². The highest BCUT2D eigenvalue weighted by Crippen LogP contribution is 2.19. The first kappa shape index (κ1) is 7.60.